The van der Waals surface area contributed by atoms with E-state index in [1.807, 2.05) is 31.2 Å². The summed E-state index contributed by atoms with van der Waals surface area (Å²) in [7, 11) is 1.39. The predicted octanol–water partition coefficient (Wildman–Crippen LogP) is 2.45. The van der Waals surface area contributed by atoms with Gasteiger partial charge in [0.15, 0.2) is 0 Å². The van der Waals surface area contributed by atoms with Gasteiger partial charge in [0.25, 0.3) is 0 Å². The van der Waals surface area contributed by atoms with Gasteiger partial charge in [-0.15, -0.1) is 0 Å². The minimum absolute atomic E-state index is 0.00463. The molecule has 2 fully saturated rings. The van der Waals surface area contributed by atoms with E-state index in [1.165, 1.54) is 26.4 Å². The van der Waals surface area contributed by atoms with E-state index in [2.05, 4.69) is 10.6 Å². The lowest BCUT2D eigenvalue weighted by atomic mass is 9.85. The highest BCUT2D eigenvalue weighted by molar-refractivity contribution is 5.83. The number of hydrogen-bond donors (Lipinski definition) is 2. The lowest BCUT2D eigenvalue weighted by Crippen LogP contribution is -2.45. The fourth-order valence-electron chi connectivity index (χ4n) is 4.45. The summed E-state index contributed by atoms with van der Waals surface area (Å²) in [6, 6.07) is 8.03. The minimum atomic E-state index is -0.407. The van der Waals surface area contributed by atoms with Gasteiger partial charge in [-0.25, -0.2) is 0 Å². The van der Waals surface area contributed by atoms with E-state index in [9.17, 15) is 9.59 Å². The molecule has 3 rings (SSSR count). The van der Waals surface area contributed by atoms with Crippen LogP contribution in [0.5, 0.6) is 5.75 Å². The number of fused-ring (bicyclic) bond motifs is 1. The molecular weight excluding hydrogens is 356 g/mol. The Balaban J connectivity index is 1.53. The summed E-state index contributed by atoms with van der Waals surface area (Å²) < 4.78 is 10.4. The number of nitrogens with one attached hydrogen (secondary N) is 2. The Bertz CT molecular complexity index is 647. The van der Waals surface area contributed by atoms with Gasteiger partial charge in [-0.05, 0) is 56.2 Å². The maximum atomic E-state index is 12.6. The second-order valence-electron chi connectivity index (χ2n) is 7.85. The number of benzene rings is 1. The molecule has 1 amide bonds. The average Bonchev–Trinajstić information content (AvgIpc) is 3.16. The van der Waals surface area contributed by atoms with E-state index in [0.29, 0.717) is 25.0 Å². The van der Waals surface area contributed by atoms with Crippen molar-refractivity contribution in [2.45, 2.75) is 57.5 Å². The number of esters is 1. The molecule has 28 heavy (non-hydrogen) atoms. The van der Waals surface area contributed by atoms with Crippen LogP contribution in [0.25, 0.3) is 0 Å². The molecule has 1 saturated carbocycles. The molecule has 1 heterocycles. The number of hydrogen-bond acceptors (Lipinski definition) is 5. The maximum Gasteiger partial charge on any atom is 0.310 e. The number of methoxy groups -OCH3 is 1. The number of amides is 1. The van der Waals surface area contributed by atoms with Gasteiger partial charge < -0.3 is 20.1 Å². The molecule has 1 aromatic carbocycles. The molecule has 2 aliphatic rings. The van der Waals surface area contributed by atoms with Crippen LogP contribution < -0.4 is 15.4 Å². The van der Waals surface area contributed by atoms with Crippen molar-refractivity contribution >= 4 is 11.9 Å². The van der Waals surface area contributed by atoms with Crippen LogP contribution in [-0.4, -0.2) is 44.2 Å². The molecule has 2 N–H and O–H groups in total. The first kappa shape index (κ1) is 20.6. The second kappa shape index (κ2) is 9.92. The number of rotatable bonds is 8. The lowest BCUT2D eigenvalue weighted by molar-refractivity contribution is -0.145. The first-order valence-electron chi connectivity index (χ1n) is 10.4. The summed E-state index contributed by atoms with van der Waals surface area (Å²) in [5, 5.41) is 6.46. The molecule has 0 spiro atoms. The summed E-state index contributed by atoms with van der Waals surface area (Å²) in [6.07, 6.45) is 6.31. The largest absolute Gasteiger partial charge is 0.494 e. The van der Waals surface area contributed by atoms with E-state index in [-0.39, 0.29) is 24.5 Å². The van der Waals surface area contributed by atoms with Crippen LogP contribution >= 0.6 is 0 Å². The zero-order valence-corrected chi connectivity index (χ0v) is 16.9. The van der Waals surface area contributed by atoms with Crippen LogP contribution in [0.4, 0.5) is 0 Å². The Kier molecular flexibility index (Phi) is 7.31. The Morgan fingerprint density at radius 3 is 2.64 bits per heavy atom. The molecule has 1 saturated heterocycles. The van der Waals surface area contributed by atoms with E-state index in [1.54, 1.807) is 0 Å². The summed E-state index contributed by atoms with van der Waals surface area (Å²) in [4.78, 5) is 24.8. The fourth-order valence-corrected chi connectivity index (χ4v) is 4.45. The quantitative estimate of drug-likeness (QED) is 0.669. The van der Waals surface area contributed by atoms with Gasteiger partial charge in [-0.2, -0.15) is 0 Å². The van der Waals surface area contributed by atoms with Crippen LogP contribution in [-0.2, 0) is 20.7 Å². The summed E-state index contributed by atoms with van der Waals surface area (Å²) >= 11 is 0. The maximum absolute atomic E-state index is 12.6. The predicted molar refractivity (Wildman–Crippen MR) is 107 cm³/mol. The van der Waals surface area contributed by atoms with E-state index in [4.69, 9.17) is 9.47 Å². The molecule has 1 aliphatic carbocycles. The summed E-state index contributed by atoms with van der Waals surface area (Å²) in [5.41, 5.74) is 1.01. The van der Waals surface area contributed by atoms with Gasteiger partial charge in [0.05, 0.1) is 25.7 Å². The Morgan fingerprint density at radius 2 is 1.96 bits per heavy atom. The fraction of sp³-hybridized carbons (Fsp3) is 0.636. The standard InChI is InChI=1S/C22H32N2O4/c1-3-28-18-10-8-15(9-11-18)12-17(22(26)27-2)14-23-21(25)20-13-16-6-4-5-7-19(16)24-20/h8-11,16-17,19-20,24H,3-7,12-14H2,1-2H3,(H,23,25). The van der Waals surface area contributed by atoms with Crippen LogP contribution in [0.15, 0.2) is 24.3 Å². The normalized spacial score (nSPS) is 24.9. The topological polar surface area (TPSA) is 76.7 Å². The van der Waals surface area contributed by atoms with Crippen LogP contribution in [0, 0.1) is 11.8 Å². The zero-order chi connectivity index (χ0) is 19.9. The first-order chi connectivity index (χ1) is 13.6. The third kappa shape index (κ3) is 5.25. The molecule has 4 atom stereocenters. The zero-order valence-electron chi connectivity index (χ0n) is 16.9. The Hall–Kier alpha value is -2.08. The summed E-state index contributed by atoms with van der Waals surface area (Å²) in [5.74, 6) is 0.709. The molecule has 154 valence electrons. The Morgan fingerprint density at radius 1 is 1.21 bits per heavy atom. The number of ether oxygens (including phenoxy) is 2. The smallest absolute Gasteiger partial charge is 0.310 e. The third-order valence-corrected chi connectivity index (χ3v) is 5.95. The summed E-state index contributed by atoms with van der Waals surface area (Å²) in [6.45, 7) is 2.84. The van der Waals surface area contributed by atoms with Crippen molar-refractivity contribution in [2.75, 3.05) is 20.3 Å². The first-order valence-corrected chi connectivity index (χ1v) is 10.4. The molecule has 1 aliphatic heterocycles. The highest BCUT2D eigenvalue weighted by Gasteiger charge is 2.38. The van der Waals surface area contributed by atoms with Crippen molar-refractivity contribution in [1.82, 2.24) is 10.6 Å². The van der Waals surface area contributed by atoms with Gasteiger partial charge in [0, 0.05) is 12.6 Å². The molecular formula is C22H32N2O4. The van der Waals surface area contributed by atoms with Crippen LogP contribution in [0.1, 0.15) is 44.6 Å². The SMILES string of the molecule is CCOc1ccc(CC(CNC(=O)C2CC3CCCCC3N2)C(=O)OC)cc1. The van der Waals surface area contributed by atoms with E-state index < -0.39 is 5.92 Å². The van der Waals surface area contributed by atoms with Gasteiger partial charge in [-0.1, -0.05) is 25.0 Å². The van der Waals surface area contributed by atoms with Gasteiger partial charge in [-0.3, -0.25) is 9.59 Å². The highest BCUT2D eigenvalue weighted by atomic mass is 16.5. The number of carbonyl (C=O) groups excluding carboxylic acids is 2. The van der Waals surface area contributed by atoms with Crippen molar-refractivity contribution < 1.29 is 19.1 Å². The van der Waals surface area contributed by atoms with Gasteiger partial charge in [0.1, 0.15) is 5.75 Å². The molecule has 0 radical (unpaired) electrons. The molecule has 6 nitrogen and oxygen atoms in total. The highest BCUT2D eigenvalue weighted by Crippen LogP contribution is 2.33. The van der Waals surface area contributed by atoms with Gasteiger partial charge >= 0.3 is 5.97 Å². The van der Waals surface area contributed by atoms with Crippen molar-refractivity contribution in [3.63, 3.8) is 0 Å². The van der Waals surface area contributed by atoms with Crippen molar-refractivity contribution in [1.29, 1.82) is 0 Å². The monoisotopic (exact) mass is 388 g/mol. The molecule has 1 aromatic rings. The Labute approximate surface area is 167 Å². The molecule has 0 aromatic heterocycles. The number of carbonyl (C=O) groups is 2. The van der Waals surface area contributed by atoms with E-state index >= 15 is 0 Å². The molecule has 0 bridgehead atoms. The van der Waals surface area contributed by atoms with E-state index in [0.717, 1.165) is 24.2 Å². The van der Waals surface area contributed by atoms with Gasteiger partial charge in [0.2, 0.25) is 5.91 Å². The molecule has 6 heteroatoms. The van der Waals surface area contributed by atoms with Crippen molar-refractivity contribution in [2.24, 2.45) is 11.8 Å². The van der Waals surface area contributed by atoms with Crippen molar-refractivity contribution in [3.05, 3.63) is 29.8 Å². The van der Waals surface area contributed by atoms with Crippen LogP contribution in [0.3, 0.4) is 0 Å². The average molecular weight is 389 g/mol. The lowest BCUT2D eigenvalue weighted by Gasteiger charge is -2.24. The van der Waals surface area contributed by atoms with Crippen molar-refractivity contribution in [3.8, 4) is 5.75 Å². The minimum Gasteiger partial charge on any atom is -0.494 e. The third-order valence-electron chi connectivity index (χ3n) is 5.95. The second-order valence-corrected chi connectivity index (χ2v) is 7.85. The van der Waals surface area contributed by atoms with Crippen LogP contribution in [0.2, 0.25) is 0 Å². The molecule has 4 unspecified atom stereocenters.